The average Bonchev–Trinajstić information content (AvgIpc) is 3.17. The second-order valence-corrected chi connectivity index (χ2v) is 5.69. The standard InChI is InChI=1S/C14H23N3O3/c1-2-4-15-12-9-19-8-11(12)14-16-13(17-20-14)6-10-3-5-18-7-10/h10-12,15H,2-9H2,1H3. The largest absolute Gasteiger partial charge is 0.381 e. The molecule has 0 aliphatic carbocycles. The Bertz CT molecular complexity index is 418. The Morgan fingerprint density at radius 2 is 2.20 bits per heavy atom. The maximum Gasteiger partial charge on any atom is 0.233 e. The Hall–Kier alpha value is -0.980. The second kappa shape index (κ2) is 6.65. The van der Waals surface area contributed by atoms with Gasteiger partial charge in [-0.3, -0.25) is 0 Å². The monoisotopic (exact) mass is 281 g/mol. The van der Waals surface area contributed by atoms with Gasteiger partial charge in [-0.25, -0.2) is 0 Å². The first-order valence-corrected chi connectivity index (χ1v) is 7.58. The zero-order valence-electron chi connectivity index (χ0n) is 12.0. The number of nitrogens with zero attached hydrogens (tertiary/aromatic N) is 2. The van der Waals surface area contributed by atoms with E-state index in [1.54, 1.807) is 0 Å². The van der Waals surface area contributed by atoms with Gasteiger partial charge in [-0.1, -0.05) is 12.1 Å². The molecule has 6 nitrogen and oxygen atoms in total. The minimum atomic E-state index is 0.183. The van der Waals surface area contributed by atoms with Gasteiger partial charge in [0, 0.05) is 25.7 Å². The summed E-state index contributed by atoms with van der Waals surface area (Å²) in [6, 6.07) is 0.290. The van der Waals surface area contributed by atoms with Crippen molar-refractivity contribution < 1.29 is 14.0 Å². The van der Waals surface area contributed by atoms with Gasteiger partial charge in [0.2, 0.25) is 5.89 Å². The Morgan fingerprint density at radius 3 is 3.00 bits per heavy atom. The first-order valence-electron chi connectivity index (χ1n) is 7.58. The van der Waals surface area contributed by atoms with Gasteiger partial charge in [0.1, 0.15) is 0 Å². The SMILES string of the molecule is CCCNC1COCC1c1nc(CC2CCOC2)no1. The molecule has 20 heavy (non-hydrogen) atoms. The Morgan fingerprint density at radius 1 is 1.25 bits per heavy atom. The second-order valence-electron chi connectivity index (χ2n) is 5.69. The fraction of sp³-hybridized carbons (Fsp3) is 0.857. The minimum Gasteiger partial charge on any atom is -0.381 e. The van der Waals surface area contributed by atoms with E-state index in [9.17, 15) is 0 Å². The third-order valence-corrected chi connectivity index (χ3v) is 4.03. The van der Waals surface area contributed by atoms with E-state index in [1.165, 1.54) is 0 Å². The smallest absolute Gasteiger partial charge is 0.233 e. The fourth-order valence-corrected chi connectivity index (χ4v) is 2.83. The van der Waals surface area contributed by atoms with Gasteiger partial charge in [0.05, 0.1) is 19.1 Å². The van der Waals surface area contributed by atoms with Crippen molar-refractivity contribution >= 4 is 0 Å². The maximum atomic E-state index is 5.55. The van der Waals surface area contributed by atoms with Crippen LogP contribution in [0.5, 0.6) is 0 Å². The van der Waals surface area contributed by atoms with E-state index in [-0.39, 0.29) is 12.0 Å². The Balaban J connectivity index is 1.60. The lowest BCUT2D eigenvalue weighted by Crippen LogP contribution is -2.35. The van der Waals surface area contributed by atoms with Gasteiger partial charge in [-0.05, 0) is 25.3 Å². The van der Waals surface area contributed by atoms with Crippen LogP contribution in [0.1, 0.15) is 37.4 Å². The topological polar surface area (TPSA) is 69.4 Å². The van der Waals surface area contributed by atoms with E-state index in [4.69, 9.17) is 14.0 Å². The summed E-state index contributed by atoms with van der Waals surface area (Å²) in [4.78, 5) is 4.56. The predicted octanol–water partition coefficient (Wildman–Crippen LogP) is 1.13. The highest BCUT2D eigenvalue weighted by Crippen LogP contribution is 2.25. The van der Waals surface area contributed by atoms with Gasteiger partial charge in [-0.15, -0.1) is 0 Å². The highest BCUT2D eigenvalue weighted by molar-refractivity contribution is 5.03. The molecule has 0 amide bonds. The number of aromatic nitrogens is 2. The van der Waals surface area contributed by atoms with Crippen LogP contribution in [-0.4, -0.2) is 49.2 Å². The van der Waals surface area contributed by atoms with Crippen molar-refractivity contribution in [1.29, 1.82) is 0 Å². The molecule has 0 radical (unpaired) electrons. The lowest BCUT2D eigenvalue weighted by Gasteiger charge is -2.15. The fourth-order valence-electron chi connectivity index (χ4n) is 2.83. The van der Waals surface area contributed by atoms with Crippen LogP contribution in [0.25, 0.3) is 0 Å². The van der Waals surface area contributed by atoms with Crippen LogP contribution >= 0.6 is 0 Å². The molecule has 112 valence electrons. The molecule has 0 bridgehead atoms. The van der Waals surface area contributed by atoms with Crippen LogP contribution in [0.4, 0.5) is 0 Å². The molecule has 3 heterocycles. The summed E-state index contributed by atoms with van der Waals surface area (Å²) in [6.07, 6.45) is 3.06. The molecule has 2 aliphatic rings. The quantitative estimate of drug-likeness (QED) is 0.843. The van der Waals surface area contributed by atoms with Crippen molar-refractivity contribution in [3.63, 3.8) is 0 Å². The van der Waals surface area contributed by atoms with Crippen LogP contribution in [0.3, 0.4) is 0 Å². The summed E-state index contributed by atoms with van der Waals surface area (Å²) < 4.78 is 16.4. The summed E-state index contributed by atoms with van der Waals surface area (Å²) in [6.45, 7) is 6.21. The molecule has 2 fully saturated rings. The molecule has 6 heteroatoms. The maximum absolute atomic E-state index is 5.55. The van der Waals surface area contributed by atoms with Crippen molar-refractivity contribution in [2.24, 2.45) is 5.92 Å². The van der Waals surface area contributed by atoms with Gasteiger partial charge in [-0.2, -0.15) is 4.98 Å². The van der Waals surface area contributed by atoms with E-state index in [1.807, 2.05) is 0 Å². The lowest BCUT2D eigenvalue weighted by molar-refractivity contribution is 0.184. The first-order chi connectivity index (χ1) is 9.86. The number of rotatable bonds is 6. The molecule has 1 aromatic rings. The summed E-state index contributed by atoms with van der Waals surface area (Å²) in [5.41, 5.74) is 0. The molecule has 0 aromatic carbocycles. The highest BCUT2D eigenvalue weighted by Gasteiger charge is 2.33. The zero-order chi connectivity index (χ0) is 13.8. The number of hydrogen-bond donors (Lipinski definition) is 1. The third-order valence-electron chi connectivity index (χ3n) is 4.03. The van der Waals surface area contributed by atoms with E-state index < -0.39 is 0 Å². The van der Waals surface area contributed by atoms with Gasteiger partial charge >= 0.3 is 0 Å². The Labute approximate surface area is 119 Å². The average molecular weight is 281 g/mol. The number of nitrogens with one attached hydrogen (secondary N) is 1. The molecule has 3 unspecified atom stereocenters. The van der Waals surface area contributed by atoms with E-state index >= 15 is 0 Å². The van der Waals surface area contributed by atoms with Gasteiger partial charge in [0.15, 0.2) is 5.82 Å². The molecule has 2 aliphatic heterocycles. The minimum absolute atomic E-state index is 0.183. The molecule has 2 saturated heterocycles. The number of hydrogen-bond acceptors (Lipinski definition) is 6. The van der Waals surface area contributed by atoms with Gasteiger partial charge in [0.25, 0.3) is 0 Å². The molecule has 0 spiro atoms. The molecule has 3 rings (SSSR count). The van der Waals surface area contributed by atoms with Crippen molar-refractivity contribution in [2.75, 3.05) is 33.0 Å². The van der Waals surface area contributed by atoms with Gasteiger partial charge < -0.3 is 19.3 Å². The van der Waals surface area contributed by atoms with Crippen LogP contribution in [-0.2, 0) is 15.9 Å². The van der Waals surface area contributed by atoms with Crippen molar-refractivity contribution in [3.05, 3.63) is 11.7 Å². The summed E-state index contributed by atoms with van der Waals surface area (Å²) in [7, 11) is 0. The molecular formula is C14H23N3O3. The highest BCUT2D eigenvalue weighted by atomic mass is 16.5. The normalized spacial score (nSPS) is 30.1. The summed E-state index contributed by atoms with van der Waals surface area (Å²) in [5, 5.41) is 7.60. The predicted molar refractivity (Wildman–Crippen MR) is 72.6 cm³/mol. The lowest BCUT2D eigenvalue weighted by atomic mass is 10.0. The molecule has 0 saturated carbocycles. The summed E-state index contributed by atoms with van der Waals surface area (Å²) in [5.74, 6) is 2.23. The van der Waals surface area contributed by atoms with Crippen molar-refractivity contribution in [2.45, 2.75) is 38.1 Å². The van der Waals surface area contributed by atoms with Crippen LogP contribution < -0.4 is 5.32 Å². The molecule has 3 atom stereocenters. The molecular weight excluding hydrogens is 258 g/mol. The first kappa shape index (κ1) is 14.0. The number of ether oxygens (including phenoxy) is 2. The zero-order valence-corrected chi connectivity index (χ0v) is 12.0. The third kappa shape index (κ3) is 3.19. The Kier molecular flexibility index (Phi) is 4.65. The van der Waals surface area contributed by atoms with E-state index in [0.29, 0.717) is 18.4 Å². The van der Waals surface area contributed by atoms with E-state index in [2.05, 4.69) is 22.4 Å². The van der Waals surface area contributed by atoms with Crippen LogP contribution in [0.15, 0.2) is 4.52 Å². The van der Waals surface area contributed by atoms with E-state index in [0.717, 1.165) is 51.5 Å². The molecule has 1 N–H and O–H groups in total. The molecule has 1 aromatic heterocycles. The van der Waals surface area contributed by atoms with Crippen molar-refractivity contribution in [3.8, 4) is 0 Å². The van der Waals surface area contributed by atoms with Crippen LogP contribution in [0.2, 0.25) is 0 Å². The van der Waals surface area contributed by atoms with Crippen LogP contribution in [0, 0.1) is 5.92 Å². The van der Waals surface area contributed by atoms with Crippen molar-refractivity contribution in [1.82, 2.24) is 15.5 Å². The summed E-state index contributed by atoms with van der Waals surface area (Å²) >= 11 is 0.